The van der Waals surface area contributed by atoms with Crippen LogP contribution in [-0.4, -0.2) is 37.9 Å². The van der Waals surface area contributed by atoms with Gasteiger partial charge in [-0.2, -0.15) is 0 Å². The topological polar surface area (TPSA) is 89.5 Å². The maximum atomic E-state index is 12.2. The van der Waals surface area contributed by atoms with Gasteiger partial charge in [0.05, 0.1) is 11.5 Å². The first-order chi connectivity index (χ1) is 12.3. The first kappa shape index (κ1) is 18.4. The Kier molecular flexibility index (Phi) is 5.27. The molecule has 0 bridgehead atoms. The lowest BCUT2D eigenvalue weighted by Crippen LogP contribution is -2.30. The summed E-state index contributed by atoms with van der Waals surface area (Å²) in [4.78, 5) is 24.2. The van der Waals surface area contributed by atoms with Crippen molar-refractivity contribution in [1.82, 2.24) is 0 Å². The van der Waals surface area contributed by atoms with Crippen molar-refractivity contribution in [3.63, 3.8) is 0 Å². The summed E-state index contributed by atoms with van der Waals surface area (Å²) in [6, 6.07) is 13.3. The van der Waals surface area contributed by atoms with Gasteiger partial charge in [0.25, 0.3) is 5.91 Å². The number of amides is 1. The summed E-state index contributed by atoms with van der Waals surface area (Å²) < 4.78 is 28.0. The Hall–Kier alpha value is -2.41. The predicted octanol–water partition coefficient (Wildman–Crippen LogP) is 2.53. The maximum Gasteiger partial charge on any atom is 0.306 e. The molecule has 7 heteroatoms. The number of hydrogen-bond acceptors (Lipinski definition) is 5. The highest BCUT2D eigenvalue weighted by Crippen LogP contribution is 2.22. The first-order valence-corrected chi connectivity index (χ1v) is 10.3. The third-order valence-electron chi connectivity index (χ3n) is 4.48. The van der Waals surface area contributed by atoms with Gasteiger partial charge in [0.15, 0.2) is 15.9 Å². The third-order valence-corrected chi connectivity index (χ3v) is 6.31. The Bertz CT molecular complexity index is 938. The van der Waals surface area contributed by atoms with Crippen molar-refractivity contribution in [1.29, 1.82) is 0 Å². The Balaban J connectivity index is 1.54. The van der Waals surface area contributed by atoms with Crippen molar-refractivity contribution >= 4 is 38.2 Å². The Morgan fingerprint density at radius 3 is 2.62 bits per heavy atom. The number of nitrogens with one attached hydrogen (secondary N) is 1. The van der Waals surface area contributed by atoms with Crippen molar-refractivity contribution in [3.8, 4) is 0 Å². The molecular weight excluding hydrogens is 354 g/mol. The summed E-state index contributed by atoms with van der Waals surface area (Å²) >= 11 is 0. The SMILES string of the molecule is C[C@@H](OC(=O)C[C@H]1CCS(=O)(=O)C1)C(=O)Nc1ccc2ccccc2c1. The second-order valence-corrected chi connectivity index (χ2v) is 8.89. The molecule has 1 amide bonds. The van der Waals surface area contributed by atoms with Crippen molar-refractivity contribution < 1.29 is 22.7 Å². The van der Waals surface area contributed by atoms with E-state index in [9.17, 15) is 18.0 Å². The quantitative estimate of drug-likeness (QED) is 0.811. The van der Waals surface area contributed by atoms with Crippen LogP contribution in [0.15, 0.2) is 42.5 Å². The van der Waals surface area contributed by atoms with Gasteiger partial charge in [-0.1, -0.05) is 30.3 Å². The molecular formula is C19H21NO5S. The van der Waals surface area contributed by atoms with E-state index in [-0.39, 0.29) is 23.8 Å². The second kappa shape index (κ2) is 7.45. The number of carbonyl (C=O) groups excluding carboxylic acids is 2. The van der Waals surface area contributed by atoms with Crippen molar-refractivity contribution in [3.05, 3.63) is 42.5 Å². The molecule has 1 aliphatic rings. The molecule has 0 aliphatic carbocycles. The number of benzene rings is 2. The zero-order valence-electron chi connectivity index (χ0n) is 14.5. The van der Waals surface area contributed by atoms with Crippen LogP contribution < -0.4 is 5.32 Å². The predicted molar refractivity (Wildman–Crippen MR) is 99.5 cm³/mol. The van der Waals surface area contributed by atoms with Crippen LogP contribution in [0.1, 0.15) is 19.8 Å². The van der Waals surface area contributed by atoms with E-state index in [0.29, 0.717) is 12.1 Å². The lowest BCUT2D eigenvalue weighted by atomic mass is 10.1. The number of anilines is 1. The molecule has 2 atom stereocenters. The molecule has 0 radical (unpaired) electrons. The summed E-state index contributed by atoms with van der Waals surface area (Å²) in [7, 11) is -3.03. The minimum absolute atomic E-state index is 0.0137. The maximum absolute atomic E-state index is 12.2. The molecule has 0 saturated carbocycles. The van der Waals surface area contributed by atoms with Crippen LogP contribution >= 0.6 is 0 Å². The lowest BCUT2D eigenvalue weighted by Gasteiger charge is -2.15. The summed E-state index contributed by atoms with van der Waals surface area (Å²) in [6.07, 6.45) is -0.464. The van der Waals surface area contributed by atoms with Gasteiger partial charge in [0.2, 0.25) is 0 Å². The van der Waals surface area contributed by atoms with Gasteiger partial charge < -0.3 is 10.1 Å². The average Bonchev–Trinajstić information content (AvgIpc) is 2.93. The molecule has 0 spiro atoms. The van der Waals surface area contributed by atoms with E-state index in [2.05, 4.69) is 5.32 Å². The third kappa shape index (κ3) is 4.60. The Morgan fingerprint density at radius 1 is 1.19 bits per heavy atom. The average molecular weight is 375 g/mol. The van der Waals surface area contributed by atoms with E-state index in [4.69, 9.17) is 4.74 Å². The fraction of sp³-hybridized carbons (Fsp3) is 0.368. The van der Waals surface area contributed by atoms with Gasteiger partial charge in [-0.25, -0.2) is 8.42 Å². The number of hydrogen-bond donors (Lipinski definition) is 1. The van der Waals surface area contributed by atoms with E-state index in [1.54, 1.807) is 6.07 Å². The molecule has 1 N–H and O–H groups in total. The van der Waals surface area contributed by atoms with Gasteiger partial charge in [0.1, 0.15) is 0 Å². The van der Waals surface area contributed by atoms with E-state index in [1.807, 2.05) is 36.4 Å². The number of fused-ring (bicyclic) bond motifs is 1. The standard InChI is InChI=1S/C19H21NO5S/c1-13(25-18(21)10-14-8-9-26(23,24)12-14)19(22)20-17-7-6-15-4-2-3-5-16(15)11-17/h2-7,11,13-14H,8-10,12H2,1H3,(H,20,22)/t13-,14-/m1/s1. The molecule has 26 heavy (non-hydrogen) atoms. The van der Waals surface area contributed by atoms with Gasteiger partial charge in [-0.15, -0.1) is 0 Å². The van der Waals surface area contributed by atoms with E-state index in [1.165, 1.54) is 6.92 Å². The molecule has 1 fully saturated rings. The minimum atomic E-state index is -3.03. The van der Waals surface area contributed by atoms with Crippen LogP contribution in [0.3, 0.4) is 0 Å². The molecule has 6 nitrogen and oxygen atoms in total. The van der Waals surface area contributed by atoms with Gasteiger partial charge in [-0.05, 0) is 42.2 Å². The molecule has 0 unspecified atom stereocenters. The van der Waals surface area contributed by atoms with Crippen molar-refractivity contribution in [2.45, 2.75) is 25.9 Å². The largest absolute Gasteiger partial charge is 0.453 e. The monoisotopic (exact) mass is 375 g/mol. The summed E-state index contributed by atoms with van der Waals surface area (Å²) in [6.45, 7) is 1.50. The smallest absolute Gasteiger partial charge is 0.306 e. The number of carbonyl (C=O) groups is 2. The Labute approximate surface area is 152 Å². The Morgan fingerprint density at radius 2 is 1.92 bits per heavy atom. The van der Waals surface area contributed by atoms with Crippen LogP contribution in [0, 0.1) is 5.92 Å². The van der Waals surface area contributed by atoms with Crippen LogP contribution in [0.5, 0.6) is 0 Å². The fourth-order valence-corrected chi connectivity index (χ4v) is 4.94. The molecule has 0 aromatic heterocycles. The van der Waals surface area contributed by atoms with Gasteiger partial charge in [0, 0.05) is 12.1 Å². The van der Waals surface area contributed by atoms with Crippen LogP contribution in [0.25, 0.3) is 10.8 Å². The minimum Gasteiger partial charge on any atom is -0.453 e. The summed E-state index contributed by atoms with van der Waals surface area (Å²) in [5.74, 6) is -1.06. The van der Waals surface area contributed by atoms with Gasteiger partial charge in [-0.3, -0.25) is 9.59 Å². The number of ether oxygens (including phenoxy) is 1. The van der Waals surface area contributed by atoms with Crippen LogP contribution in [0.2, 0.25) is 0 Å². The molecule has 1 saturated heterocycles. The number of rotatable bonds is 5. The molecule has 2 aromatic carbocycles. The second-order valence-electron chi connectivity index (χ2n) is 6.66. The van der Waals surface area contributed by atoms with E-state index < -0.39 is 27.8 Å². The highest BCUT2D eigenvalue weighted by Gasteiger charge is 2.30. The highest BCUT2D eigenvalue weighted by molar-refractivity contribution is 7.91. The van der Waals surface area contributed by atoms with Gasteiger partial charge >= 0.3 is 5.97 Å². The molecule has 3 rings (SSSR count). The van der Waals surface area contributed by atoms with E-state index >= 15 is 0 Å². The summed E-state index contributed by atoms with van der Waals surface area (Å²) in [5, 5.41) is 4.80. The normalized spacial score (nSPS) is 19.8. The number of esters is 1. The lowest BCUT2D eigenvalue weighted by molar-refractivity contribution is -0.153. The van der Waals surface area contributed by atoms with Crippen LogP contribution in [0.4, 0.5) is 5.69 Å². The highest BCUT2D eigenvalue weighted by atomic mass is 32.2. The van der Waals surface area contributed by atoms with Crippen molar-refractivity contribution in [2.24, 2.45) is 5.92 Å². The zero-order chi connectivity index (χ0) is 18.7. The molecule has 1 heterocycles. The van der Waals surface area contributed by atoms with Crippen molar-refractivity contribution in [2.75, 3.05) is 16.8 Å². The van der Waals surface area contributed by atoms with Crippen LogP contribution in [-0.2, 0) is 24.2 Å². The molecule has 1 aliphatic heterocycles. The zero-order valence-corrected chi connectivity index (χ0v) is 15.3. The number of sulfone groups is 1. The molecule has 138 valence electrons. The first-order valence-electron chi connectivity index (χ1n) is 8.52. The fourth-order valence-electron chi connectivity index (χ4n) is 3.08. The van der Waals surface area contributed by atoms with E-state index in [0.717, 1.165) is 10.8 Å². The molecule has 2 aromatic rings. The summed E-state index contributed by atoms with van der Waals surface area (Å²) in [5.41, 5.74) is 0.624.